The second kappa shape index (κ2) is 7.96. The summed E-state index contributed by atoms with van der Waals surface area (Å²) in [6, 6.07) is 9.53. The van der Waals surface area contributed by atoms with Crippen LogP contribution in [0.25, 0.3) is 11.1 Å². The molecule has 0 saturated carbocycles. The van der Waals surface area contributed by atoms with E-state index in [0.29, 0.717) is 21.9 Å². The average Bonchev–Trinajstić information content (AvgIpc) is 3.14. The molecule has 1 aliphatic rings. The Hall–Kier alpha value is -2.27. The van der Waals surface area contributed by atoms with Crippen LogP contribution < -0.4 is 9.47 Å². The lowest BCUT2D eigenvalue weighted by atomic mass is 10.0. The number of hydrogen-bond acceptors (Lipinski definition) is 3. The van der Waals surface area contributed by atoms with Gasteiger partial charge in [-0.1, -0.05) is 17.7 Å². The molecule has 0 aliphatic carbocycles. The van der Waals surface area contributed by atoms with Crippen LogP contribution in [0.3, 0.4) is 0 Å². The van der Waals surface area contributed by atoms with Crippen molar-refractivity contribution in [2.24, 2.45) is 0 Å². The fourth-order valence-corrected chi connectivity index (χ4v) is 3.45. The molecule has 1 unspecified atom stereocenters. The quantitative estimate of drug-likeness (QED) is 0.767. The van der Waals surface area contributed by atoms with E-state index in [4.69, 9.17) is 21.1 Å². The van der Waals surface area contributed by atoms with Crippen LogP contribution >= 0.6 is 11.6 Å². The van der Waals surface area contributed by atoms with Crippen LogP contribution in [0.5, 0.6) is 11.5 Å². The van der Waals surface area contributed by atoms with Crippen molar-refractivity contribution >= 4 is 17.5 Å². The summed E-state index contributed by atoms with van der Waals surface area (Å²) < 4.78 is 25.2. The van der Waals surface area contributed by atoms with Crippen molar-refractivity contribution < 1.29 is 18.7 Å². The third-order valence-corrected chi connectivity index (χ3v) is 4.75. The topological polar surface area (TPSA) is 38.8 Å². The van der Waals surface area contributed by atoms with Crippen molar-refractivity contribution in [3.63, 3.8) is 0 Å². The number of carbonyl (C=O) groups excluding carboxylic acids is 1. The van der Waals surface area contributed by atoms with Crippen LogP contribution in [0.4, 0.5) is 4.39 Å². The Balaban J connectivity index is 1.88. The summed E-state index contributed by atoms with van der Waals surface area (Å²) in [5.41, 5.74) is 1.11. The van der Waals surface area contributed by atoms with Crippen LogP contribution in [0.2, 0.25) is 5.02 Å². The molecule has 6 heteroatoms. The largest absolute Gasteiger partial charge is 0.496 e. The molecule has 138 valence electrons. The minimum atomic E-state index is -0.684. The smallest absolute Gasteiger partial charge is 0.263 e. The number of methoxy groups -OCH3 is 1. The van der Waals surface area contributed by atoms with Gasteiger partial charge in [0.2, 0.25) is 0 Å². The highest BCUT2D eigenvalue weighted by atomic mass is 35.5. The van der Waals surface area contributed by atoms with Gasteiger partial charge >= 0.3 is 0 Å². The van der Waals surface area contributed by atoms with Crippen molar-refractivity contribution in [2.75, 3.05) is 20.2 Å². The van der Waals surface area contributed by atoms with Gasteiger partial charge < -0.3 is 14.4 Å². The Labute approximate surface area is 157 Å². The first-order valence-corrected chi connectivity index (χ1v) is 8.96. The van der Waals surface area contributed by atoms with Gasteiger partial charge in [0.15, 0.2) is 6.10 Å². The molecule has 4 nitrogen and oxygen atoms in total. The number of likely N-dealkylation sites (tertiary alicyclic amines) is 1. The highest BCUT2D eigenvalue weighted by Crippen LogP contribution is 2.38. The molecule has 1 saturated heterocycles. The van der Waals surface area contributed by atoms with Crippen molar-refractivity contribution in [1.29, 1.82) is 0 Å². The molecule has 26 heavy (non-hydrogen) atoms. The van der Waals surface area contributed by atoms with Gasteiger partial charge in [-0.05, 0) is 49.6 Å². The van der Waals surface area contributed by atoms with E-state index in [-0.39, 0.29) is 11.7 Å². The number of nitrogens with zero attached hydrogens (tertiary/aromatic N) is 1. The van der Waals surface area contributed by atoms with Crippen molar-refractivity contribution in [3.8, 4) is 22.6 Å². The lowest BCUT2D eigenvalue weighted by Crippen LogP contribution is -2.38. The summed E-state index contributed by atoms with van der Waals surface area (Å²) in [6.45, 7) is 3.18. The highest BCUT2D eigenvalue weighted by Gasteiger charge is 2.25. The molecule has 3 rings (SSSR count). The molecule has 2 aromatic carbocycles. The fourth-order valence-electron chi connectivity index (χ4n) is 3.18. The zero-order chi connectivity index (χ0) is 18.7. The van der Waals surface area contributed by atoms with Crippen LogP contribution in [-0.4, -0.2) is 37.1 Å². The van der Waals surface area contributed by atoms with E-state index in [0.717, 1.165) is 25.9 Å². The Kier molecular flexibility index (Phi) is 5.67. The molecule has 0 N–H and O–H groups in total. The first-order valence-electron chi connectivity index (χ1n) is 8.58. The molecule has 2 aromatic rings. The molecule has 0 bridgehead atoms. The van der Waals surface area contributed by atoms with Crippen LogP contribution in [0.15, 0.2) is 36.4 Å². The van der Waals surface area contributed by atoms with E-state index in [9.17, 15) is 9.18 Å². The third-order valence-electron chi connectivity index (χ3n) is 4.43. The van der Waals surface area contributed by atoms with Gasteiger partial charge in [0.05, 0.1) is 12.1 Å². The van der Waals surface area contributed by atoms with Gasteiger partial charge in [-0.2, -0.15) is 0 Å². The Morgan fingerprint density at radius 1 is 1.23 bits per heavy atom. The minimum absolute atomic E-state index is 0.0800. The SMILES string of the molecule is COc1cccc(Cl)c1-c1cc(F)cc(OC(C)C(=O)N2CCCC2)c1. The van der Waals surface area contributed by atoms with Gasteiger partial charge in [0, 0.05) is 24.7 Å². The predicted molar refractivity (Wildman–Crippen MR) is 99.3 cm³/mol. The number of amides is 1. The normalized spacial score (nSPS) is 15.0. The van der Waals surface area contributed by atoms with Crippen LogP contribution in [-0.2, 0) is 4.79 Å². The van der Waals surface area contributed by atoms with Gasteiger partial charge in [-0.3, -0.25) is 4.79 Å². The molecule has 1 aliphatic heterocycles. The lowest BCUT2D eigenvalue weighted by molar-refractivity contribution is -0.136. The highest BCUT2D eigenvalue weighted by molar-refractivity contribution is 6.33. The summed E-state index contributed by atoms with van der Waals surface area (Å²) in [4.78, 5) is 14.2. The first kappa shape index (κ1) is 18.5. The Bertz CT molecular complexity index is 806. The standard InChI is InChI=1S/C20H21ClFNO3/c1-13(20(24)23-8-3-4-9-23)26-16-11-14(10-15(22)12-16)19-17(21)6-5-7-18(19)25-2/h5-7,10-13H,3-4,8-9H2,1-2H3. The van der Waals surface area contributed by atoms with E-state index < -0.39 is 11.9 Å². The molecule has 0 spiro atoms. The van der Waals surface area contributed by atoms with Gasteiger partial charge in [0.25, 0.3) is 5.91 Å². The van der Waals surface area contributed by atoms with Crippen molar-refractivity contribution in [2.45, 2.75) is 25.9 Å². The van der Waals surface area contributed by atoms with Crippen molar-refractivity contribution in [1.82, 2.24) is 4.90 Å². The monoisotopic (exact) mass is 377 g/mol. The average molecular weight is 378 g/mol. The van der Waals surface area contributed by atoms with E-state index in [1.54, 1.807) is 36.1 Å². The molecule has 1 atom stereocenters. The molecule has 0 aromatic heterocycles. The number of benzene rings is 2. The molecule has 0 radical (unpaired) electrons. The fraction of sp³-hybridized carbons (Fsp3) is 0.350. The molecular weight excluding hydrogens is 357 g/mol. The summed E-state index contributed by atoms with van der Waals surface area (Å²) in [5.74, 6) is 0.265. The maximum atomic E-state index is 14.2. The molecule has 1 amide bonds. The predicted octanol–water partition coefficient (Wildman–Crippen LogP) is 4.54. The van der Waals surface area contributed by atoms with E-state index in [1.807, 2.05) is 0 Å². The molecule has 1 fully saturated rings. The van der Waals surface area contributed by atoms with Crippen LogP contribution in [0.1, 0.15) is 19.8 Å². The summed E-state index contributed by atoms with van der Waals surface area (Å²) in [6.07, 6.45) is 1.33. The number of carbonyl (C=O) groups is 1. The first-order chi connectivity index (χ1) is 12.5. The maximum absolute atomic E-state index is 14.2. The summed E-state index contributed by atoms with van der Waals surface area (Å²) in [5, 5.41) is 0.446. The van der Waals surface area contributed by atoms with Gasteiger partial charge in [-0.15, -0.1) is 0 Å². The zero-order valence-corrected chi connectivity index (χ0v) is 15.6. The number of ether oxygens (including phenoxy) is 2. The minimum Gasteiger partial charge on any atom is -0.496 e. The second-order valence-electron chi connectivity index (χ2n) is 6.29. The molecular formula is C20H21ClFNO3. The maximum Gasteiger partial charge on any atom is 0.263 e. The van der Waals surface area contributed by atoms with Crippen LogP contribution in [0, 0.1) is 5.82 Å². The second-order valence-corrected chi connectivity index (χ2v) is 6.69. The zero-order valence-electron chi connectivity index (χ0n) is 14.8. The van der Waals surface area contributed by atoms with Gasteiger partial charge in [0.1, 0.15) is 17.3 Å². The van der Waals surface area contributed by atoms with Gasteiger partial charge in [-0.25, -0.2) is 4.39 Å². The number of halogens is 2. The number of rotatable bonds is 5. The van der Waals surface area contributed by atoms with E-state index >= 15 is 0 Å². The van der Waals surface area contributed by atoms with E-state index in [1.165, 1.54) is 19.2 Å². The summed E-state index contributed by atoms with van der Waals surface area (Å²) in [7, 11) is 1.53. The lowest BCUT2D eigenvalue weighted by Gasteiger charge is -2.21. The Morgan fingerprint density at radius 2 is 1.96 bits per heavy atom. The van der Waals surface area contributed by atoms with Crippen molar-refractivity contribution in [3.05, 3.63) is 47.2 Å². The number of hydrogen-bond donors (Lipinski definition) is 0. The third kappa shape index (κ3) is 3.93. The van der Waals surface area contributed by atoms with E-state index in [2.05, 4.69) is 0 Å². The molecule has 1 heterocycles. The summed E-state index contributed by atoms with van der Waals surface area (Å²) >= 11 is 6.29. The Morgan fingerprint density at radius 3 is 2.65 bits per heavy atom.